The number of ether oxygens (including phenoxy) is 3. The lowest BCUT2D eigenvalue weighted by molar-refractivity contribution is -0.184. The number of rotatable bonds is 2. The highest BCUT2D eigenvalue weighted by atomic mass is 31.2. The summed E-state index contributed by atoms with van der Waals surface area (Å²) in [5, 5.41) is 0. The minimum atomic E-state index is -5.19. The Morgan fingerprint density at radius 3 is 2.50 bits per heavy atom. The van der Waals surface area contributed by atoms with Gasteiger partial charge in [-0.1, -0.05) is 0 Å². The second-order valence-electron chi connectivity index (χ2n) is 10.8. The first-order valence-corrected chi connectivity index (χ1v) is 16.4. The number of hydrogen-bond donors (Lipinski definition) is 5. The van der Waals surface area contributed by atoms with E-state index < -0.39 is 83.1 Å². The second kappa shape index (κ2) is 10.3. The number of hydrogen-bond acceptors (Lipinski definition) is 17. The van der Waals surface area contributed by atoms with Crippen molar-refractivity contribution < 1.29 is 55.6 Å². The SMILES string of the molecule is Nc1nc2c(ncn2[C@@H]2O[C@@H]3COP(=O)(O)O[C@H]4[C@H]5OCC4(COP(=O)(O)O[C@@H]2[C@@H]3F)O[C@H]5n2cnc3c(N)ncnc32)c(=O)[nH]1. The number of nitrogen functional groups attached to an aromatic ring is 2. The summed E-state index contributed by atoms with van der Waals surface area (Å²) in [4.78, 5) is 56.3. The van der Waals surface area contributed by atoms with Gasteiger partial charge >= 0.3 is 15.6 Å². The summed E-state index contributed by atoms with van der Waals surface area (Å²) < 4.78 is 83.9. The molecule has 4 aliphatic rings. The van der Waals surface area contributed by atoms with Crippen molar-refractivity contribution in [1.82, 2.24) is 39.0 Å². The van der Waals surface area contributed by atoms with E-state index >= 15 is 4.39 Å². The molecule has 0 saturated carbocycles. The third kappa shape index (κ3) is 4.66. The van der Waals surface area contributed by atoms with Gasteiger partial charge in [0.25, 0.3) is 5.56 Å². The maximum Gasteiger partial charge on any atom is 0.472 e. The molecule has 4 aromatic rings. The van der Waals surface area contributed by atoms with Crippen molar-refractivity contribution in [1.29, 1.82) is 0 Å². The number of aromatic amines is 1. The quantitative estimate of drug-likeness (QED) is 0.158. The fourth-order valence-electron chi connectivity index (χ4n) is 5.94. The summed E-state index contributed by atoms with van der Waals surface area (Å²) in [6, 6.07) is 0. The van der Waals surface area contributed by atoms with E-state index in [1.165, 1.54) is 17.2 Å². The Hall–Kier alpha value is -3.47. The van der Waals surface area contributed by atoms with Crippen molar-refractivity contribution in [2.75, 3.05) is 31.3 Å². The first-order valence-electron chi connectivity index (χ1n) is 13.4. The highest BCUT2D eigenvalue weighted by Gasteiger charge is 2.66. The maximum atomic E-state index is 15.8. The summed E-state index contributed by atoms with van der Waals surface area (Å²) in [6.07, 6.45) is -7.48. The van der Waals surface area contributed by atoms with Crippen LogP contribution >= 0.6 is 15.6 Å². The summed E-state index contributed by atoms with van der Waals surface area (Å²) >= 11 is 0. The van der Waals surface area contributed by atoms with E-state index in [1.807, 2.05) is 0 Å². The van der Waals surface area contributed by atoms with Crippen LogP contribution in [0.4, 0.5) is 16.2 Å². The van der Waals surface area contributed by atoms with E-state index in [9.17, 15) is 23.7 Å². The molecule has 0 radical (unpaired) electrons. The zero-order valence-corrected chi connectivity index (χ0v) is 24.7. The first-order chi connectivity index (χ1) is 21.8. The van der Waals surface area contributed by atoms with Gasteiger partial charge in [-0.3, -0.25) is 37.0 Å². The molecule has 46 heavy (non-hydrogen) atoms. The van der Waals surface area contributed by atoms with Crippen LogP contribution in [-0.2, 0) is 41.4 Å². The van der Waals surface area contributed by atoms with E-state index in [2.05, 4.69) is 29.9 Å². The number of nitrogens with two attached hydrogens (primary N) is 2. The molecule has 4 bridgehead atoms. The Morgan fingerprint density at radius 1 is 0.957 bits per heavy atom. The average molecular weight is 688 g/mol. The molecule has 8 heterocycles. The molecular formula is C21H23FN10O12P2. The number of halogens is 1. The first kappa shape index (κ1) is 29.9. The summed E-state index contributed by atoms with van der Waals surface area (Å²) in [5.74, 6) is -0.223. The third-order valence-electron chi connectivity index (χ3n) is 8.00. The molecule has 4 fully saturated rings. The lowest BCUT2D eigenvalue weighted by Crippen LogP contribution is -2.45. The molecule has 8 rings (SSSR count). The van der Waals surface area contributed by atoms with Crippen molar-refractivity contribution >= 4 is 49.7 Å². The van der Waals surface area contributed by atoms with Crippen LogP contribution in [0, 0.1) is 0 Å². The molecule has 4 aliphatic heterocycles. The minimum Gasteiger partial charge on any atom is -0.382 e. The van der Waals surface area contributed by atoms with Gasteiger partial charge in [0.05, 0.1) is 32.5 Å². The molecule has 0 spiro atoms. The van der Waals surface area contributed by atoms with Gasteiger partial charge in [0.2, 0.25) is 5.95 Å². The van der Waals surface area contributed by atoms with E-state index in [-0.39, 0.29) is 40.7 Å². The van der Waals surface area contributed by atoms with Crippen LogP contribution in [0.5, 0.6) is 0 Å². The minimum absolute atomic E-state index is 0.0795. The highest BCUT2D eigenvalue weighted by Crippen LogP contribution is 2.58. The molecule has 0 aliphatic carbocycles. The van der Waals surface area contributed by atoms with Gasteiger partial charge in [-0.25, -0.2) is 33.5 Å². The number of anilines is 2. The number of aromatic nitrogens is 8. The van der Waals surface area contributed by atoms with Gasteiger partial charge in [0.1, 0.15) is 41.9 Å². The fraction of sp³-hybridized carbons (Fsp3) is 0.524. The van der Waals surface area contributed by atoms with Crippen LogP contribution in [0.25, 0.3) is 22.3 Å². The molecule has 0 amide bonds. The van der Waals surface area contributed by atoms with Gasteiger partial charge in [0, 0.05) is 0 Å². The van der Waals surface area contributed by atoms with Crippen LogP contribution in [0.2, 0.25) is 0 Å². The Labute approximate surface area is 253 Å². The van der Waals surface area contributed by atoms with Crippen LogP contribution in [0.15, 0.2) is 23.8 Å². The smallest absolute Gasteiger partial charge is 0.382 e. The van der Waals surface area contributed by atoms with Gasteiger partial charge in [-0.05, 0) is 0 Å². The van der Waals surface area contributed by atoms with Gasteiger partial charge in [-0.2, -0.15) is 4.98 Å². The highest BCUT2D eigenvalue weighted by molar-refractivity contribution is 7.47. The topological polar surface area (TPSA) is 298 Å². The molecule has 10 atom stereocenters. The average Bonchev–Trinajstić information content (AvgIpc) is 3.80. The molecular weight excluding hydrogens is 665 g/mol. The molecule has 3 unspecified atom stereocenters. The van der Waals surface area contributed by atoms with E-state index in [0.29, 0.717) is 0 Å². The Balaban J connectivity index is 1.14. The third-order valence-corrected chi connectivity index (χ3v) is 9.93. The van der Waals surface area contributed by atoms with Crippen molar-refractivity contribution in [2.24, 2.45) is 0 Å². The molecule has 22 nitrogen and oxygen atoms in total. The summed E-state index contributed by atoms with van der Waals surface area (Å²) in [7, 11) is -10.2. The molecule has 246 valence electrons. The Kier molecular flexibility index (Phi) is 6.67. The number of fused-ring (bicyclic) bond motifs is 4. The number of nitrogens with zero attached hydrogens (tertiary/aromatic N) is 7. The predicted molar refractivity (Wildman–Crippen MR) is 145 cm³/mol. The number of imidazole rings is 2. The zero-order chi connectivity index (χ0) is 32.2. The lowest BCUT2D eigenvalue weighted by atomic mass is 10.0. The van der Waals surface area contributed by atoms with Gasteiger partial charge in [0.15, 0.2) is 41.3 Å². The number of alkyl halides is 1. The van der Waals surface area contributed by atoms with Crippen LogP contribution in [-0.4, -0.2) is 105 Å². The maximum absolute atomic E-state index is 15.8. The predicted octanol–water partition coefficient (Wildman–Crippen LogP) is -0.956. The fourth-order valence-corrected chi connectivity index (χ4v) is 7.91. The standard InChI is InChI=1S/C21H23FN10O12P2/c22-8-7-1-39-45(34,35)44-13-12-19(31-5-27-9-14(23)25-4-26-15(9)31)42-21(13,2-38-12)3-40-46(36,37)43-11(8)18(41-7)32-6-28-10-16(32)29-20(24)30-17(10)33/h4-8,11-13,18-19H,1-3H2,(H,34,35)(H,36,37)(H2,23,25,26)(H3,24,29,30,33)/t7-,8-,11-,12-,13+,18-,19-,21?/m1/s1. The molecule has 25 heteroatoms. The van der Waals surface area contributed by atoms with Crippen molar-refractivity contribution in [2.45, 2.75) is 48.6 Å². The molecule has 4 aromatic heterocycles. The summed E-state index contributed by atoms with van der Waals surface area (Å²) in [5.41, 5.74) is 9.15. The van der Waals surface area contributed by atoms with E-state index in [4.69, 9.17) is 43.8 Å². The molecule has 4 saturated heterocycles. The zero-order valence-electron chi connectivity index (χ0n) is 22.9. The molecule has 0 aromatic carbocycles. The number of nitrogens with one attached hydrogen (secondary N) is 1. The van der Waals surface area contributed by atoms with Gasteiger partial charge < -0.3 is 35.5 Å². The van der Waals surface area contributed by atoms with Gasteiger partial charge in [-0.15, -0.1) is 0 Å². The van der Waals surface area contributed by atoms with E-state index in [0.717, 1.165) is 10.9 Å². The van der Waals surface area contributed by atoms with Crippen LogP contribution in [0.3, 0.4) is 0 Å². The monoisotopic (exact) mass is 688 g/mol. The van der Waals surface area contributed by atoms with Crippen molar-refractivity contribution in [3.8, 4) is 0 Å². The van der Waals surface area contributed by atoms with Crippen molar-refractivity contribution in [3.63, 3.8) is 0 Å². The van der Waals surface area contributed by atoms with E-state index in [1.54, 1.807) is 0 Å². The van der Waals surface area contributed by atoms with Crippen molar-refractivity contribution in [3.05, 3.63) is 29.3 Å². The Morgan fingerprint density at radius 2 is 1.70 bits per heavy atom. The number of phosphoric acid groups is 2. The normalized spacial score (nSPS) is 39.7. The summed E-state index contributed by atoms with van der Waals surface area (Å²) in [6.45, 7) is -2.01. The Bertz CT molecular complexity index is 2030. The molecule has 7 N–H and O–H groups in total. The lowest BCUT2D eigenvalue weighted by Gasteiger charge is -2.32. The van der Waals surface area contributed by atoms with Crippen LogP contribution < -0.4 is 17.0 Å². The number of phosphoric ester groups is 2. The number of H-pyrrole nitrogens is 1. The second-order valence-corrected chi connectivity index (χ2v) is 13.6. The van der Waals surface area contributed by atoms with Crippen LogP contribution in [0.1, 0.15) is 12.5 Å². The largest absolute Gasteiger partial charge is 0.472 e.